The molecule has 2 aromatic heterocycles. The number of carbonyl (C=O) groups excluding carboxylic acids is 1. The SMILES string of the molecule is Cc1cc(C)n(Cc2cccc(NC(=O)C(C)Cn3cc(Cl)cn3)c2)n1. The summed E-state index contributed by atoms with van der Waals surface area (Å²) >= 11 is 5.86. The molecule has 1 unspecified atom stereocenters. The Balaban J connectivity index is 1.64. The average molecular weight is 372 g/mol. The van der Waals surface area contributed by atoms with Gasteiger partial charge in [-0.1, -0.05) is 30.7 Å². The molecule has 7 heteroatoms. The number of carbonyl (C=O) groups is 1. The van der Waals surface area contributed by atoms with E-state index in [9.17, 15) is 4.79 Å². The Morgan fingerprint density at radius 1 is 1.31 bits per heavy atom. The lowest BCUT2D eigenvalue weighted by atomic mass is 10.1. The third-order valence-corrected chi connectivity index (χ3v) is 4.34. The zero-order chi connectivity index (χ0) is 18.7. The molecule has 2 heterocycles. The normalized spacial score (nSPS) is 12.2. The summed E-state index contributed by atoms with van der Waals surface area (Å²) in [5.74, 6) is -0.287. The van der Waals surface area contributed by atoms with Crippen LogP contribution in [-0.4, -0.2) is 25.5 Å². The van der Waals surface area contributed by atoms with Gasteiger partial charge in [0.15, 0.2) is 0 Å². The third kappa shape index (κ3) is 4.52. The van der Waals surface area contributed by atoms with Gasteiger partial charge in [0.2, 0.25) is 5.91 Å². The summed E-state index contributed by atoms with van der Waals surface area (Å²) in [4.78, 5) is 12.4. The van der Waals surface area contributed by atoms with Crippen molar-refractivity contribution in [2.45, 2.75) is 33.9 Å². The zero-order valence-electron chi connectivity index (χ0n) is 15.1. The Bertz CT molecular complexity index is 914. The topological polar surface area (TPSA) is 64.7 Å². The van der Waals surface area contributed by atoms with E-state index in [1.54, 1.807) is 17.1 Å². The maximum atomic E-state index is 12.4. The highest BCUT2D eigenvalue weighted by atomic mass is 35.5. The molecule has 0 spiro atoms. The number of benzene rings is 1. The average Bonchev–Trinajstić information content (AvgIpc) is 3.12. The maximum absolute atomic E-state index is 12.4. The second-order valence-corrected chi connectivity index (χ2v) is 6.99. The van der Waals surface area contributed by atoms with Crippen LogP contribution < -0.4 is 5.32 Å². The Morgan fingerprint density at radius 2 is 2.12 bits per heavy atom. The van der Waals surface area contributed by atoms with Crippen LogP contribution in [-0.2, 0) is 17.9 Å². The molecule has 1 amide bonds. The van der Waals surface area contributed by atoms with Crippen LogP contribution in [0.2, 0.25) is 5.02 Å². The molecule has 6 nitrogen and oxygen atoms in total. The monoisotopic (exact) mass is 371 g/mol. The molecule has 0 aliphatic heterocycles. The maximum Gasteiger partial charge on any atom is 0.229 e. The molecule has 136 valence electrons. The Hall–Kier alpha value is -2.60. The van der Waals surface area contributed by atoms with Gasteiger partial charge in [-0.25, -0.2) is 0 Å². The van der Waals surface area contributed by atoms with E-state index in [0.717, 1.165) is 22.6 Å². The minimum atomic E-state index is -0.231. The van der Waals surface area contributed by atoms with Gasteiger partial charge in [0.1, 0.15) is 0 Å². The van der Waals surface area contributed by atoms with Crippen molar-refractivity contribution in [3.05, 3.63) is 64.7 Å². The zero-order valence-corrected chi connectivity index (χ0v) is 15.9. The Morgan fingerprint density at radius 3 is 2.77 bits per heavy atom. The smallest absolute Gasteiger partial charge is 0.229 e. The number of nitrogens with one attached hydrogen (secondary N) is 1. The second-order valence-electron chi connectivity index (χ2n) is 6.56. The fraction of sp³-hybridized carbons (Fsp3) is 0.316. The molecule has 26 heavy (non-hydrogen) atoms. The summed E-state index contributed by atoms with van der Waals surface area (Å²) in [6.07, 6.45) is 3.27. The Labute approximate surface area is 157 Å². The first-order chi connectivity index (χ1) is 12.4. The molecule has 3 aromatic rings. The van der Waals surface area contributed by atoms with E-state index in [1.807, 2.05) is 49.7 Å². The van der Waals surface area contributed by atoms with Gasteiger partial charge in [-0.15, -0.1) is 0 Å². The lowest BCUT2D eigenvalue weighted by Crippen LogP contribution is -2.24. The molecule has 0 radical (unpaired) electrons. The Kier molecular flexibility index (Phi) is 5.42. The molecule has 0 aliphatic rings. The number of halogens is 1. The molecule has 0 fully saturated rings. The van der Waals surface area contributed by atoms with Crippen molar-refractivity contribution in [1.82, 2.24) is 19.6 Å². The van der Waals surface area contributed by atoms with Gasteiger partial charge in [-0.2, -0.15) is 10.2 Å². The van der Waals surface area contributed by atoms with Crippen LogP contribution in [0.1, 0.15) is 23.9 Å². The van der Waals surface area contributed by atoms with E-state index in [1.165, 1.54) is 0 Å². The molecule has 1 atom stereocenters. The van der Waals surface area contributed by atoms with Gasteiger partial charge in [0.25, 0.3) is 0 Å². The first-order valence-corrected chi connectivity index (χ1v) is 8.87. The summed E-state index contributed by atoms with van der Waals surface area (Å²) < 4.78 is 3.63. The molecule has 1 aromatic carbocycles. The number of aryl methyl sites for hydroxylation is 2. The summed E-state index contributed by atoms with van der Waals surface area (Å²) in [5.41, 5.74) is 3.97. The largest absolute Gasteiger partial charge is 0.326 e. The van der Waals surface area contributed by atoms with E-state index < -0.39 is 0 Å². The van der Waals surface area contributed by atoms with E-state index in [0.29, 0.717) is 18.1 Å². The number of hydrogen-bond acceptors (Lipinski definition) is 3. The molecule has 0 bridgehead atoms. The predicted octanol–water partition coefficient (Wildman–Crippen LogP) is 3.67. The van der Waals surface area contributed by atoms with Crippen LogP contribution in [0.3, 0.4) is 0 Å². The van der Waals surface area contributed by atoms with E-state index in [2.05, 4.69) is 21.6 Å². The molecular weight excluding hydrogens is 350 g/mol. The van der Waals surface area contributed by atoms with Crippen LogP contribution in [0.25, 0.3) is 0 Å². The van der Waals surface area contributed by atoms with Crippen molar-refractivity contribution in [1.29, 1.82) is 0 Å². The standard InChI is InChI=1S/C19H22ClN5O/c1-13(10-24-12-17(20)9-21-24)19(26)22-18-6-4-5-16(8-18)11-25-15(3)7-14(2)23-25/h4-9,12-13H,10-11H2,1-3H3,(H,22,26). The van der Waals surface area contributed by atoms with Crippen molar-refractivity contribution >= 4 is 23.2 Å². The van der Waals surface area contributed by atoms with E-state index in [4.69, 9.17) is 11.6 Å². The van der Waals surface area contributed by atoms with Crippen LogP contribution in [0.4, 0.5) is 5.69 Å². The van der Waals surface area contributed by atoms with Crippen LogP contribution in [0.5, 0.6) is 0 Å². The van der Waals surface area contributed by atoms with Gasteiger partial charge in [-0.05, 0) is 37.6 Å². The van der Waals surface area contributed by atoms with Crippen molar-refractivity contribution in [2.75, 3.05) is 5.32 Å². The van der Waals surface area contributed by atoms with Crippen molar-refractivity contribution in [3.8, 4) is 0 Å². The van der Waals surface area contributed by atoms with Gasteiger partial charge in [-0.3, -0.25) is 14.2 Å². The molecule has 0 aliphatic carbocycles. The summed E-state index contributed by atoms with van der Waals surface area (Å²) in [6.45, 7) is 7.03. The van der Waals surface area contributed by atoms with Gasteiger partial charge in [0.05, 0.1) is 35.9 Å². The molecule has 0 saturated carbocycles. The molecule has 3 rings (SSSR count). The number of anilines is 1. The van der Waals surface area contributed by atoms with Crippen LogP contribution in [0.15, 0.2) is 42.7 Å². The molecule has 1 N–H and O–H groups in total. The quantitative estimate of drug-likeness (QED) is 0.719. The van der Waals surface area contributed by atoms with Crippen molar-refractivity contribution in [3.63, 3.8) is 0 Å². The summed E-state index contributed by atoms with van der Waals surface area (Å²) in [5, 5.41) is 12.1. The number of aromatic nitrogens is 4. The predicted molar refractivity (Wildman–Crippen MR) is 102 cm³/mol. The highest BCUT2D eigenvalue weighted by Crippen LogP contribution is 2.15. The van der Waals surface area contributed by atoms with Gasteiger partial charge >= 0.3 is 0 Å². The van der Waals surface area contributed by atoms with Crippen molar-refractivity contribution < 1.29 is 4.79 Å². The second kappa shape index (κ2) is 7.74. The number of amides is 1. The number of rotatable bonds is 6. The van der Waals surface area contributed by atoms with E-state index >= 15 is 0 Å². The lowest BCUT2D eigenvalue weighted by molar-refractivity contribution is -0.119. The summed E-state index contributed by atoms with van der Waals surface area (Å²) in [7, 11) is 0. The molecule has 0 saturated heterocycles. The fourth-order valence-corrected chi connectivity index (χ4v) is 2.98. The lowest BCUT2D eigenvalue weighted by Gasteiger charge is -2.13. The van der Waals surface area contributed by atoms with Gasteiger partial charge < -0.3 is 5.32 Å². The van der Waals surface area contributed by atoms with Crippen LogP contribution in [0, 0.1) is 19.8 Å². The molecular formula is C19H22ClN5O. The third-order valence-electron chi connectivity index (χ3n) is 4.14. The highest BCUT2D eigenvalue weighted by Gasteiger charge is 2.14. The number of nitrogens with zero attached hydrogens (tertiary/aromatic N) is 4. The van der Waals surface area contributed by atoms with Crippen molar-refractivity contribution in [2.24, 2.45) is 5.92 Å². The van der Waals surface area contributed by atoms with Gasteiger partial charge in [0, 0.05) is 17.6 Å². The first-order valence-electron chi connectivity index (χ1n) is 8.49. The fourth-order valence-electron chi connectivity index (χ4n) is 2.82. The van der Waals surface area contributed by atoms with Crippen LogP contribution >= 0.6 is 11.6 Å². The summed E-state index contributed by atoms with van der Waals surface area (Å²) in [6, 6.07) is 9.89. The minimum Gasteiger partial charge on any atom is -0.326 e. The van der Waals surface area contributed by atoms with E-state index in [-0.39, 0.29) is 11.8 Å². The first kappa shape index (κ1) is 18.2. The number of hydrogen-bond donors (Lipinski definition) is 1. The highest BCUT2D eigenvalue weighted by molar-refractivity contribution is 6.30. The minimum absolute atomic E-state index is 0.0557.